The predicted octanol–water partition coefficient (Wildman–Crippen LogP) is 2.92. The van der Waals surface area contributed by atoms with Gasteiger partial charge in [0.05, 0.1) is 44.9 Å². The molecule has 54 heavy (non-hydrogen) atoms. The molecular weight excluding hydrogens is 700 g/mol. The fraction of sp³-hybridized carbons (Fsp3) is 0.568. The number of aromatic amines is 1. The van der Waals surface area contributed by atoms with Crippen LogP contribution in [0.1, 0.15) is 93.1 Å². The van der Waals surface area contributed by atoms with E-state index in [-0.39, 0.29) is 47.8 Å². The standard InChI is InChI=1S/C37H54N8O9/c38-17-5-1-2-8-29(46)9-3-6-18-52-20-22-54-23-21-53-19-7-4-10-30(47)15-16-31(36(50)51)43-34(48)26-11-13-27(14-12-26)40-24-28-25-41-32-33(42-28)44-37(39)45-35(32)49/h11-14,25,31,40H,1-10,15-24,38H2,(H,43,48)(H,50,51)(H3,39,42,44,45,49). The summed E-state index contributed by atoms with van der Waals surface area (Å²) in [7, 11) is 0. The highest BCUT2D eigenvalue weighted by Crippen LogP contribution is 2.13. The van der Waals surface area contributed by atoms with E-state index in [1.54, 1.807) is 24.3 Å². The fourth-order valence-corrected chi connectivity index (χ4v) is 5.28. The van der Waals surface area contributed by atoms with E-state index in [9.17, 15) is 29.1 Å². The molecule has 17 nitrogen and oxygen atoms in total. The second-order valence-electron chi connectivity index (χ2n) is 12.7. The number of unbranched alkanes of at least 4 members (excludes halogenated alkanes) is 4. The van der Waals surface area contributed by atoms with Crippen LogP contribution >= 0.6 is 0 Å². The topological polar surface area (TPSA) is 264 Å². The quantitative estimate of drug-likeness (QED) is 0.0535. The van der Waals surface area contributed by atoms with Crippen molar-refractivity contribution >= 4 is 46.2 Å². The van der Waals surface area contributed by atoms with Crippen LogP contribution in [0.15, 0.2) is 35.3 Å². The first-order valence-electron chi connectivity index (χ1n) is 18.5. The summed E-state index contributed by atoms with van der Waals surface area (Å²) in [5.74, 6) is -1.63. The SMILES string of the molecule is NCCCCCC(=O)CCCCOCCOCCOCCCCC(=O)CCC(NC(=O)c1ccc(NCc2cnc3c(=O)[nH]c(N)nc3n2)cc1)C(=O)O. The Hall–Kier alpha value is -4.84. The van der Waals surface area contributed by atoms with Crippen molar-refractivity contribution in [3.63, 3.8) is 0 Å². The summed E-state index contributed by atoms with van der Waals surface area (Å²) in [5.41, 5.74) is 12.2. The maximum absolute atomic E-state index is 12.8. The van der Waals surface area contributed by atoms with Gasteiger partial charge in [-0.05, 0) is 75.8 Å². The van der Waals surface area contributed by atoms with Crippen LogP contribution in [-0.4, -0.2) is 101 Å². The third-order valence-electron chi connectivity index (χ3n) is 8.32. The molecule has 2 heterocycles. The van der Waals surface area contributed by atoms with Crippen molar-refractivity contribution in [1.82, 2.24) is 25.3 Å². The number of aliphatic carboxylic acids is 1. The van der Waals surface area contributed by atoms with Crippen molar-refractivity contribution in [3.8, 4) is 0 Å². The molecule has 3 aromatic rings. The number of nitrogens with zero attached hydrogens (tertiary/aromatic N) is 3. The molecule has 8 N–H and O–H groups in total. The first kappa shape index (κ1) is 43.6. The molecule has 0 saturated heterocycles. The smallest absolute Gasteiger partial charge is 0.326 e. The Morgan fingerprint density at radius 3 is 1.98 bits per heavy atom. The third-order valence-corrected chi connectivity index (χ3v) is 8.32. The average molecular weight is 755 g/mol. The van der Waals surface area contributed by atoms with Crippen LogP contribution in [0.2, 0.25) is 0 Å². The molecule has 1 aromatic carbocycles. The number of rotatable bonds is 30. The lowest BCUT2D eigenvalue weighted by Crippen LogP contribution is -2.41. The number of hydrogen-bond donors (Lipinski definition) is 6. The lowest BCUT2D eigenvalue weighted by molar-refractivity contribution is -0.139. The summed E-state index contributed by atoms with van der Waals surface area (Å²) in [4.78, 5) is 75.4. The largest absolute Gasteiger partial charge is 0.480 e. The summed E-state index contributed by atoms with van der Waals surface area (Å²) in [6, 6.07) is 5.18. The second kappa shape index (κ2) is 25.2. The first-order chi connectivity index (χ1) is 26.2. The average Bonchev–Trinajstić information content (AvgIpc) is 3.15. The maximum atomic E-state index is 12.8. The van der Waals surface area contributed by atoms with E-state index in [0.717, 1.165) is 32.1 Å². The fourth-order valence-electron chi connectivity index (χ4n) is 5.28. The number of H-pyrrole nitrogens is 1. The van der Waals surface area contributed by atoms with Crippen molar-refractivity contribution in [3.05, 3.63) is 52.1 Å². The number of carboxylic acid groups (broad SMARTS) is 1. The summed E-state index contributed by atoms with van der Waals surface area (Å²) < 4.78 is 16.6. The van der Waals surface area contributed by atoms with Gasteiger partial charge in [-0.3, -0.25) is 24.2 Å². The van der Waals surface area contributed by atoms with Crippen LogP contribution in [0.3, 0.4) is 0 Å². The number of hydrogen-bond acceptors (Lipinski definition) is 14. The van der Waals surface area contributed by atoms with Gasteiger partial charge < -0.3 is 41.4 Å². The molecule has 0 spiro atoms. The number of anilines is 2. The van der Waals surface area contributed by atoms with Gasteiger partial charge in [0.1, 0.15) is 17.6 Å². The Morgan fingerprint density at radius 2 is 1.37 bits per heavy atom. The highest BCUT2D eigenvalue weighted by atomic mass is 16.5. The lowest BCUT2D eigenvalue weighted by Gasteiger charge is -2.14. The van der Waals surface area contributed by atoms with Gasteiger partial charge in [-0.15, -0.1) is 0 Å². The number of nitrogen functional groups attached to an aromatic ring is 1. The minimum atomic E-state index is -1.22. The van der Waals surface area contributed by atoms with Crippen LogP contribution in [-0.2, 0) is 35.1 Å². The molecule has 0 aliphatic heterocycles. The van der Waals surface area contributed by atoms with Crippen molar-refractivity contribution in [2.24, 2.45) is 5.73 Å². The molecule has 0 bridgehead atoms. The molecule has 0 aliphatic rings. The molecule has 2 aromatic heterocycles. The van der Waals surface area contributed by atoms with E-state index in [1.807, 2.05) is 0 Å². The maximum Gasteiger partial charge on any atom is 0.326 e. The second-order valence-corrected chi connectivity index (χ2v) is 12.7. The van der Waals surface area contributed by atoms with Gasteiger partial charge in [0.2, 0.25) is 5.95 Å². The molecule has 17 heteroatoms. The molecule has 0 saturated carbocycles. The highest BCUT2D eigenvalue weighted by Gasteiger charge is 2.22. The highest BCUT2D eigenvalue weighted by molar-refractivity contribution is 5.97. The van der Waals surface area contributed by atoms with Crippen molar-refractivity contribution in [1.29, 1.82) is 0 Å². The Bertz CT molecular complexity index is 1670. The van der Waals surface area contributed by atoms with Crippen molar-refractivity contribution in [2.45, 2.75) is 89.6 Å². The van der Waals surface area contributed by atoms with Gasteiger partial charge in [0.15, 0.2) is 11.2 Å². The number of benzene rings is 1. The molecular formula is C37H54N8O9. The summed E-state index contributed by atoms with van der Waals surface area (Å²) in [6.07, 6.45) is 8.86. The van der Waals surface area contributed by atoms with Crippen molar-refractivity contribution < 1.29 is 38.5 Å². The third kappa shape index (κ3) is 17.3. The zero-order valence-corrected chi connectivity index (χ0v) is 30.8. The zero-order valence-electron chi connectivity index (χ0n) is 30.8. The lowest BCUT2D eigenvalue weighted by atomic mass is 10.0. The number of amides is 1. The first-order valence-corrected chi connectivity index (χ1v) is 18.5. The molecule has 3 rings (SSSR count). The Balaban J connectivity index is 1.19. The van der Waals surface area contributed by atoms with Crippen LogP contribution < -0.4 is 27.7 Å². The monoisotopic (exact) mass is 754 g/mol. The number of nitrogens with two attached hydrogens (primary N) is 2. The van der Waals surface area contributed by atoms with Gasteiger partial charge in [-0.1, -0.05) is 6.42 Å². The summed E-state index contributed by atoms with van der Waals surface area (Å²) >= 11 is 0. The number of ether oxygens (including phenoxy) is 3. The van der Waals surface area contributed by atoms with E-state index in [2.05, 4.69) is 30.6 Å². The molecule has 1 atom stereocenters. The number of ketones is 2. The minimum Gasteiger partial charge on any atom is -0.480 e. The Labute approximate surface area is 314 Å². The van der Waals surface area contributed by atoms with E-state index < -0.39 is 23.5 Å². The van der Waals surface area contributed by atoms with Gasteiger partial charge in [0, 0.05) is 50.1 Å². The molecule has 1 amide bonds. The van der Waals surface area contributed by atoms with Crippen LogP contribution in [0.5, 0.6) is 0 Å². The van der Waals surface area contributed by atoms with E-state index in [1.165, 1.54) is 6.20 Å². The normalized spacial score (nSPS) is 11.7. The minimum absolute atomic E-state index is 0.0219. The van der Waals surface area contributed by atoms with Gasteiger partial charge in [-0.2, -0.15) is 4.98 Å². The number of Topliss-reactive ketones (excluding diaryl/α,β-unsaturated/α-hetero) is 2. The number of carbonyl (C=O) groups is 4. The van der Waals surface area contributed by atoms with Gasteiger partial charge in [0.25, 0.3) is 11.5 Å². The van der Waals surface area contributed by atoms with Crippen LogP contribution in [0, 0.1) is 0 Å². The number of carbonyl (C=O) groups excluding carboxylic acids is 3. The molecule has 0 aliphatic carbocycles. The molecule has 1 unspecified atom stereocenters. The number of carboxylic acids is 1. The van der Waals surface area contributed by atoms with Gasteiger partial charge >= 0.3 is 5.97 Å². The van der Waals surface area contributed by atoms with E-state index in [4.69, 9.17) is 25.7 Å². The van der Waals surface area contributed by atoms with E-state index >= 15 is 0 Å². The Morgan fingerprint density at radius 1 is 0.778 bits per heavy atom. The van der Waals surface area contributed by atoms with Crippen LogP contribution in [0.25, 0.3) is 11.2 Å². The van der Waals surface area contributed by atoms with Crippen molar-refractivity contribution in [2.75, 3.05) is 57.2 Å². The number of fused-ring (bicyclic) bond motifs is 1. The Kier molecular flexibility index (Phi) is 20.4. The number of aromatic nitrogens is 4. The molecule has 0 fully saturated rings. The molecule has 296 valence electrons. The summed E-state index contributed by atoms with van der Waals surface area (Å²) in [6.45, 7) is 3.83. The molecule has 0 radical (unpaired) electrons. The van der Waals surface area contributed by atoms with Crippen LogP contribution in [0.4, 0.5) is 11.6 Å². The van der Waals surface area contributed by atoms with E-state index in [0.29, 0.717) is 95.5 Å². The number of nitrogens with one attached hydrogen (secondary N) is 3. The zero-order chi connectivity index (χ0) is 39.0. The van der Waals surface area contributed by atoms with Gasteiger partial charge in [-0.25, -0.2) is 14.8 Å². The predicted molar refractivity (Wildman–Crippen MR) is 202 cm³/mol. The summed E-state index contributed by atoms with van der Waals surface area (Å²) in [5, 5.41) is 15.3.